The van der Waals surface area contributed by atoms with Crippen molar-refractivity contribution in [2.24, 2.45) is 0 Å². The number of benzene rings is 2. The number of anilines is 1. The fraction of sp³-hybridized carbons (Fsp3) is 0.143. The maximum Gasteiger partial charge on any atom is 0.125 e. The van der Waals surface area contributed by atoms with Crippen molar-refractivity contribution in [1.29, 1.82) is 0 Å². The Morgan fingerprint density at radius 3 is 2.56 bits per heavy atom. The van der Waals surface area contributed by atoms with Gasteiger partial charge in [-0.05, 0) is 54.4 Å². The second-order valence-corrected chi connectivity index (χ2v) is 4.51. The molecule has 18 heavy (non-hydrogen) atoms. The Hall–Kier alpha value is -1.61. The summed E-state index contributed by atoms with van der Waals surface area (Å²) < 4.78 is 26.2. The molecule has 0 radical (unpaired) electrons. The summed E-state index contributed by atoms with van der Waals surface area (Å²) >= 11 is 5.94. The number of rotatable bonds is 3. The van der Waals surface area contributed by atoms with Crippen molar-refractivity contribution in [2.75, 3.05) is 5.32 Å². The van der Waals surface area contributed by atoms with Crippen LogP contribution in [0.1, 0.15) is 11.1 Å². The molecule has 0 saturated heterocycles. The first-order valence-electron chi connectivity index (χ1n) is 5.49. The molecule has 0 aliphatic rings. The smallest absolute Gasteiger partial charge is 0.125 e. The van der Waals surface area contributed by atoms with Crippen LogP contribution < -0.4 is 5.32 Å². The van der Waals surface area contributed by atoms with E-state index in [0.29, 0.717) is 22.8 Å². The Morgan fingerprint density at radius 1 is 1.06 bits per heavy atom. The Morgan fingerprint density at radius 2 is 1.83 bits per heavy atom. The third-order valence-corrected chi connectivity index (χ3v) is 2.90. The third kappa shape index (κ3) is 3.20. The summed E-state index contributed by atoms with van der Waals surface area (Å²) in [5, 5.41) is 3.50. The minimum absolute atomic E-state index is 0.303. The molecule has 0 amide bonds. The average Bonchev–Trinajstić information content (AvgIpc) is 2.29. The van der Waals surface area contributed by atoms with Crippen molar-refractivity contribution < 1.29 is 8.78 Å². The molecule has 2 rings (SSSR count). The maximum absolute atomic E-state index is 13.2. The van der Waals surface area contributed by atoms with Crippen LogP contribution >= 0.6 is 11.6 Å². The van der Waals surface area contributed by atoms with E-state index in [-0.39, 0.29) is 11.6 Å². The highest BCUT2D eigenvalue weighted by Crippen LogP contribution is 2.19. The van der Waals surface area contributed by atoms with Gasteiger partial charge in [-0.2, -0.15) is 0 Å². The summed E-state index contributed by atoms with van der Waals surface area (Å²) in [5.74, 6) is -0.644. The minimum Gasteiger partial charge on any atom is -0.381 e. The summed E-state index contributed by atoms with van der Waals surface area (Å²) in [7, 11) is 0. The van der Waals surface area contributed by atoms with Gasteiger partial charge in [0, 0.05) is 17.3 Å². The molecule has 4 heteroatoms. The molecule has 0 bridgehead atoms. The lowest BCUT2D eigenvalue weighted by Gasteiger charge is -2.09. The van der Waals surface area contributed by atoms with Crippen LogP contribution in [0.15, 0.2) is 36.4 Å². The molecular formula is C14H12ClF2N. The quantitative estimate of drug-likeness (QED) is 0.861. The summed E-state index contributed by atoms with van der Waals surface area (Å²) in [4.78, 5) is 0. The van der Waals surface area contributed by atoms with Crippen LogP contribution in [0.2, 0.25) is 5.02 Å². The van der Waals surface area contributed by atoms with Gasteiger partial charge >= 0.3 is 0 Å². The predicted molar refractivity (Wildman–Crippen MR) is 69.9 cm³/mol. The molecule has 0 aliphatic heterocycles. The van der Waals surface area contributed by atoms with Crippen LogP contribution in [0.25, 0.3) is 0 Å². The Kier molecular flexibility index (Phi) is 3.82. The van der Waals surface area contributed by atoms with Crippen LogP contribution in [0.5, 0.6) is 0 Å². The number of nitrogens with one attached hydrogen (secondary N) is 1. The van der Waals surface area contributed by atoms with Crippen LogP contribution in [0, 0.1) is 18.6 Å². The van der Waals surface area contributed by atoms with Gasteiger partial charge in [0.2, 0.25) is 0 Å². The molecule has 1 nitrogen and oxygen atoms in total. The second kappa shape index (κ2) is 5.36. The second-order valence-electron chi connectivity index (χ2n) is 4.11. The zero-order chi connectivity index (χ0) is 13.1. The number of halogens is 3. The first kappa shape index (κ1) is 12.8. The summed E-state index contributed by atoms with van der Waals surface area (Å²) in [6.45, 7) is 2.16. The van der Waals surface area contributed by atoms with E-state index >= 15 is 0 Å². The summed E-state index contributed by atoms with van der Waals surface area (Å²) in [6, 6.07) is 8.82. The van der Waals surface area contributed by atoms with Crippen molar-refractivity contribution >= 4 is 17.3 Å². The van der Waals surface area contributed by atoms with E-state index in [2.05, 4.69) is 5.32 Å². The number of hydrogen-bond acceptors (Lipinski definition) is 1. The first-order valence-corrected chi connectivity index (χ1v) is 5.87. The van der Waals surface area contributed by atoms with Crippen molar-refractivity contribution in [1.82, 2.24) is 0 Å². The van der Waals surface area contributed by atoms with Crippen molar-refractivity contribution in [3.8, 4) is 0 Å². The van der Waals surface area contributed by atoms with Gasteiger partial charge in [0.05, 0.1) is 0 Å². The fourth-order valence-electron chi connectivity index (χ4n) is 1.71. The highest BCUT2D eigenvalue weighted by molar-refractivity contribution is 6.31. The molecule has 0 atom stereocenters. The van der Waals surface area contributed by atoms with Crippen molar-refractivity contribution in [2.45, 2.75) is 13.5 Å². The summed E-state index contributed by atoms with van der Waals surface area (Å²) in [5.41, 5.74) is 2.11. The van der Waals surface area contributed by atoms with E-state index in [9.17, 15) is 8.78 Å². The molecule has 0 spiro atoms. The number of hydrogen-bond donors (Lipinski definition) is 1. The van der Waals surface area contributed by atoms with Gasteiger partial charge in [-0.1, -0.05) is 11.6 Å². The molecule has 94 valence electrons. The molecule has 2 aromatic carbocycles. The van der Waals surface area contributed by atoms with Gasteiger partial charge < -0.3 is 5.32 Å². The van der Waals surface area contributed by atoms with Crippen molar-refractivity contribution in [3.05, 3.63) is 64.2 Å². The molecule has 0 aromatic heterocycles. The monoisotopic (exact) mass is 267 g/mol. The Balaban J connectivity index is 2.13. The van der Waals surface area contributed by atoms with E-state index in [1.807, 2.05) is 13.0 Å². The zero-order valence-electron chi connectivity index (χ0n) is 9.81. The highest BCUT2D eigenvalue weighted by atomic mass is 35.5. The standard InChI is InChI=1S/C14H12ClF2N/c1-9-4-12(17)7-13(5-9)18-8-10-6-11(16)2-3-14(10)15/h2-7,18H,8H2,1H3. The van der Waals surface area contributed by atoms with Gasteiger partial charge in [0.25, 0.3) is 0 Å². The number of aryl methyl sites for hydroxylation is 1. The van der Waals surface area contributed by atoms with E-state index in [0.717, 1.165) is 5.56 Å². The lowest BCUT2D eigenvalue weighted by Crippen LogP contribution is -2.01. The van der Waals surface area contributed by atoms with Gasteiger partial charge in [-0.25, -0.2) is 8.78 Å². The van der Waals surface area contributed by atoms with Gasteiger partial charge in [-0.15, -0.1) is 0 Å². The lowest BCUT2D eigenvalue weighted by atomic mass is 10.2. The van der Waals surface area contributed by atoms with Crippen molar-refractivity contribution in [3.63, 3.8) is 0 Å². The SMILES string of the molecule is Cc1cc(F)cc(NCc2cc(F)ccc2Cl)c1. The van der Waals surface area contributed by atoms with E-state index in [1.165, 1.54) is 30.3 Å². The third-order valence-electron chi connectivity index (χ3n) is 2.53. The summed E-state index contributed by atoms with van der Waals surface area (Å²) in [6.07, 6.45) is 0. The van der Waals surface area contributed by atoms with Gasteiger partial charge in [-0.3, -0.25) is 0 Å². The molecule has 2 aromatic rings. The topological polar surface area (TPSA) is 12.0 Å². The molecule has 0 unspecified atom stereocenters. The largest absolute Gasteiger partial charge is 0.381 e. The van der Waals surface area contributed by atoms with E-state index in [1.54, 1.807) is 0 Å². The Bertz CT molecular complexity index is 549. The molecule has 1 N–H and O–H groups in total. The Labute approximate surface area is 109 Å². The lowest BCUT2D eigenvalue weighted by molar-refractivity contribution is 0.625. The zero-order valence-corrected chi connectivity index (χ0v) is 10.6. The maximum atomic E-state index is 13.2. The van der Waals surface area contributed by atoms with E-state index in [4.69, 9.17) is 11.6 Å². The molecular weight excluding hydrogens is 256 g/mol. The average molecular weight is 268 g/mol. The molecule has 0 heterocycles. The fourth-order valence-corrected chi connectivity index (χ4v) is 1.90. The predicted octanol–water partition coefficient (Wildman–Crippen LogP) is 4.54. The van der Waals surface area contributed by atoms with Crippen LogP contribution in [0.4, 0.5) is 14.5 Å². The van der Waals surface area contributed by atoms with Crippen LogP contribution in [0.3, 0.4) is 0 Å². The highest BCUT2D eigenvalue weighted by Gasteiger charge is 2.03. The van der Waals surface area contributed by atoms with Crippen LogP contribution in [-0.2, 0) is 6.54 Å². The first-order chi connectivity index (χ1) is 8.54. The van der Waals surface area contributed by atoms with Gasteiger partial charge in [0.1, 0.15) is 11.6 Å². The van der Waals surface area contributed by atoms with E-state index < -0.39 is 0 Å². The normalized spacial score (nSPS) is 10.4. The van der Waals surface area contributed by atoms with Crippen LogP contribution in [-0.4, -0.2) is 0 Å². The molecule has 0 fully saturated rings. The minimum atomic E-state index is -0.341. The van der Waals surface area contributed by atoms with Gasteiger partial charge in [0.15, 0.2) is 0 Å². The molecule has 0 aliphatic carbocycles. The molecule has 0 saturated carbocycles.